The van der Waals surface area contributed by atoms with Crippen LogP contribution in [0.4, 0.5) is 0 Å². The van der Waals surface area contributed by atoms with Crippen molar-refractivity contribution in [3.8, 4) is 22.9 Å². The van der Waals surface area contributed by atoms with E-state index >= 15 is 0 Å². The molecular weight excluding hydrogens is 386 g/mol. The lowest BCUT2D eigenvalue weighted by molar-refractivity contribution is -0.123. The molecule has 30 heavy (non-hydrogen) atoms. The van der Waals surface area contributed by atoms with E-state index in [1.165, 1.54) is 11.0 Å². The number of carbonyl (C=O) groups is 1. The molecule has 1 heterocycles. The van der Waals surface area contributed by atoms with Crippen molar-refractivity contribution in [2.45, 2.75) is 20.3 Å². The van der Waals surface area contributed by atoms with Crippen LogP contribution in [0.25, 0.3) is 5.69 Å². The Bertz CT molecular complexity index is 929. The maximum absolute atomic E-state index is 12.1. The number of tetrazole rings is 1. The van der Waals surface area contributed by atoms with Gasteiger partial charge in [0.15, 0.2) is 18.1 Å². The first kappa shape index (κ1) is 21.1. The fraction of sp³-hybridized carbons (Fsp3) is 0.333. The maximum Gasteiger partial charge on any atom is 0.257 e. The average Bonchev–Trinajstić information content (AvgIpc) is 3.30. The largest absolute Gasteiger partial charge is 0.490 e. The SMILES string of the molecule is CCOc1ccc(CCNC(=O)COc2ccc(-n3cnnn3)cc2)cc1OCC. The molecule has 0 radical (unpaired) electrons. The third kappa shape index (κ3) is 5.94. The third-order valence-corrected chi connectivity index (χ3v) is 4.16. The molecule has 0 unspecified atom stereocenters. The maximum atomic E-state index is 12.1. The molecule has 1 aromatic heterocycles. The van der Waals surface area contributed by atoms with Crippen LogP contribution in [0, 0.1) is 0 Å². The molecular formula is C21H25N5O4. The van der Waals surface area contributed by atoms with Crippen LogP contribution in [0.15, 0.2) is 48.8 Å². The Morgan fingerprint density at radius 3 is 2.47 bits per heavy atom. The summed E-state index contributed by atoms with van der Waals surface area (Å²) in [4.78, 5) is 12.1. The zero-order valence-corrected chi connectivity index (χ0v) is 17.1. The van der Waals surface area contributed by atoms with Crippen molar-refractivity contribution >= 4 is 5.91 Å². The molecule has 158 valence electrons. The lowest BCUT2D eigenvalue weighted by atomic mass is 10.1. The molecule has 9 nitrogen and oxygen atoms in total. The van der Waals surface area contributed by atoms with E-state index in [0.717, 1.165) is 22.7 Å². The van der Waals surface area contributed by atoms with Crippen LogP contribution in [0.5, 0.6) is 17.2 Å². The monoisotopic (exact) mass is 411 g/mol. The number of benzene rings is 2. The van der Waals surface area contributed by atoms with Crippen molar-refractivity contribution < 1.29 is 19.0 Å². The first-order chi connectivity index (χ1) is 14.7. The van der Waals surface area contributed by atoms with Gasteiger partial charge in [-0.15, -0.1) is 5.10 Å². The molecule has 9 heteroatoms. The average molecular weight is 411 g/mol. The van der Waals surface area contributed by atoms with Crippen LogP contribution >= 0.6 is 0 Å². The van der Waals surface area contributed by atoms with E-state index in [1.807, 2.05) is 44.2 Å². The molecule has 3 aromatic rings. The molecule has 0 aliphatic carbocycles. The molecule has 0 aliphatic rings. The number of nitrogens with one attached hydrogen (secondary N) is 1. The van der Waals surface area contributed by atoms with Gasteiger partial charge in [0.2, 0.25) is 0 Å². The fourth-order valence-electron chi connectivity index (χ4n) is 2.77. The first-order valence-corrected chi connectivity index (χ1v) is 9.81. The van der Waals surface area contributed by atoms with Gasteiger partial charge in [0.1, 0.15) is 12.1 Å². The minimum absolute atomic E-state index is 0.0578. The predicted molar refractivity (Wildman–Crippen MR) is 110 cm³/mol. The van der Waals surface area contributed by atoms with E-state index < -0.39 is 0 Å². The number of hydrogen-bond acceptors (Lipinski definition) is 7. The molecule has 3 rings (SSSR count). The number of rotatable bonds is 11. The molecule has 1 N–H and O–H groups in total. The molecule has 0 fully saturated rings. The summed E-state index contributed by atoms with van der Waals surface area (Å²) >= 11 is 0. The highest BCUT2D eigenvalue weighted by molar-refractivity contribution is 5.77. The van der Waals surface area contributed by atoms with Crippen LogP contribution in [0.3, 0.4) is 0 Å². The topological polar surface area (TPSA) is 100 Å². The van der Waals surface area contributed by atoms with Gasteiger partial charge in [0.05, 0.1) is 18.9 Å². The number of carbonyl (C=O) groups excluding carboxylic acids is 1. The Balaban J connectivity index is 1.43. The summed E-state index contributed by atoms with van der Waals surface area (Å²) < 4.78 is 18.3. The third-order valence-electron chi connectivity index (χ3n) is 4.16. The highest BCUT2D eigenvalue weighted by atomic mass is 16.5. The Morgan fingerprint density at radius 1 is 1.00 bits per heavy atom. The van der Waals surface area contributed by atoms with Gasteiger partial charge in [-0.2, -0.15) is 0 Å². The second-order valence-corrected chi connectivity index (χ2v) is 6.28. The number of hydrogen-bond donors (Lipinski definition) is 1. The Hall–Kier alpha value is -3.62. The minimum Gasteiger partial charge on any atom is -0.490 e. The summed E-state index contributed by atoms with van der Waals surface area (Å²) in [6.07, 6.45) is 2.18. The quantitative estimate of drug-likeness (QED) is 0.516. The highest BCUT2D eigenvalue weighted by Crippen LogP contribution is 2.28. The summed E-state index contributed by atoms with van der Waals surface area (Å²) in [6.45, 7) is 5.45. The number of nitrogens with zero attached hydrogens (tertiary/aromatic N) is 4. The van der Waals surface area contributed by atoms with Gasteiger partial charge in [-0.25, -0.2) is 4.68 Å². The van der Waals surface area contributed by atoms with Crippen molar-refractivity contribution in [3.05, 3.63) is 54.4 Å². The van der Waals surface area contributed by atoms with Crippen molar-refractivity contribution in [2.24, 2.45) is 0 Å². The fourth-order valence-corrected chi connectivity index (χ4v) is 2.77. The van der Waals surface area contributed by atoms with Gasteiger partial charge in [0, 0.05) is 6.54 Å². The second-order valence-electron chi connectivity index (χ2n) is 6.28. The van der Waals surface area contributed by atoms with Crippen LogP contribution < -0.4 is 19.5 Å². The van der Waals surface area contributed by atoms with Crippen LogP contribution in [0.1, 0.15) is 19.4 Å². The minimum atomic E-state index is -0.185. The number of aromatic nitrogens is 4. The number of amides is 1. The lowest BCUT2D eigenvalue weighted by Gasteiger charge is -2.13. The first-order valence-electron chi connectivity index (χ1n) is 9.81. The van der Waals surface area contributed by atoms with Crippen LogP contribution in [0.2, 0.25) is 0 Å². The van der Waals surface area contributed by atoms with Crippen molar-refractivity contribution in [3.63, 3.8) is 0 Å². The van der Waals surface area contributed by atoms with Crippen LogP contribution in [-0.4, -0.2) is 52.5 Å². The van der Waals surface area contributed by atoms with Gasteiger partial charge in [-0.1, -0.05) is 6.07 Å². The predicted octanol–water partition coefficient (Wildman–Crippen LogP) is 2.20. The van der Waals surface area contributed by atoms with Crippen LogP contribution in [-0.2, 0) is 11.2 Å². The molecule has 0 aliphatic heterocycles. The molecule has 0 bridgehead atoms. The van der Waals surface area contributed by atoms with Crippen molar-refractivity contribution in [1.29, 1.82) is 0 Å². The lowest BCUT2D eigenvalue weighted by Crippen LogP contribution is -2.30. The van der Waals surface area contributed by atoms with E-state index in [4.69, 9.17) is 14.2 Å². The summed E-state index contributed by atoms with van der Waals surface area (Å²) in [5.74, 6) is 1.86. The van der Waals surface area contributed by atoms with Gasteiger partial charge in [0.25, 0.3) is 5.91 Å². The van der Waals surface area contributed by atoms with E-state index in [9.17, 15) is 4.79 Å². The highest BCUT2D eigenvalue weighted by Gasteiger charge is 2.08. The summed E-state index contributed by atoms with van der Waals surface area (Å²) in [6, 6.07) is 13.0. The molecule has 0 saturated carbocycles. The van der Waals surface area contributed by atoms with Gasteiger partial charge < -0.3 is 19.5 Å². The standard InChI is InChI=1S/C21H25N5O4/c1-3-28-19-10-5-16(13-20(19)29-4-2)11-12-22-21(27)14-30-18-8-6-17(7-9-18)26-15-23-24-25-26/h5-10,13,15H,3-4,11-12,14H2,1-2H3,(H,22,27). The van der Waals surface area contributed by atoms with Gasteiger partial charge >= 0.3 is 0 Å². The molecule has 0 spiro atoms. The van der Waals surface area contributed by atoms with Gasteiger partial charge in [-0.05, 0) is 72.7 Å². The van der Waals surface area contributed by atoms with E-state index in [1.54, 1.807) is 12.1 Å². The summed E-state index contributed by atoms with van der Waals surface area (Å²) in [7, 11) is 0. The zero-order valence-electron chi connectivity index (χ0n) is 17.1. The zero-order chi connectivity index (χ0) is 21.2. The van der Waals surface area contributed by atoms with E-state index in [0.29, 0.717) is 31.9 Å². The summed E-state index contributed by atoms with van der Waals surface area (Å²) in [5.41, 5.74) is 1.86. The van der Waals surface area contributed by atoms with Crippen molar-refractivity contribution in [1.82, 2.24) is 25.5 Å². The molecule has 0 saturated heterocycles. The Morgan fingerprint density at radius 2 is 1.77 bits per heavy atom. The van der Waals surface area contributed by atoms with Gasteiger partial charge in [-0.3, -0.25) is 4.79 Å². The summed E-state index contributed by atoms with van der Waals surface area (Å²) in [5, 5.41) is 13.9. The number of ether oxygens (including phenoxy) is 3. The normalized spacial score (nSPS) is 10.5. The van der Waals surface area contributed by atoms with E-state index in [-0.39, 0.29) is 12.5 Å². The molecule has 0 atom stereocenters. The van der Waals surface area contributed by atoms with E-state index in [2.05, 4.69) is 20.8 Å². The van der Waals surface area contributed by atoms with Crippen molar-refractivity contribution in [2.75, 3.05) is 26.4 Å². The Labute approximate surface area is 175 Å². The second kappa shape index (κ2) is 10.8. The molecule has 1 amide bonds. The Kier molecular flexibility index (Phi) is 7.59. The molecule has 2 aromatic carbocycles. The smallest absolute Gasteiger partial charge is 0.257 e.